The molecule has 0 bridgehead atoms. The summed E-state index contributed by atoms with van der Waals surface area (Å²) < 4.78 is 20.1. The van der Waals surface area contributed by atoms with Crippen molar-refractivity contribution in [2.75, 3.05) is 7.11 Å². The lowest BCUT2D eigenvalue weighted by molar-refractivity contribution is -0.143. The summed E-state index contributed by atoms with van der Waals surface area (Å²) >= 11 is 6.21. The summed E-state index contributed by atoms with van der Waals surface area (Å²) in [6.07, 6.45) is 1.50. The van der Waals surface area contributed by atoms with Crippen molar-refractivity contribution in [3.05, 3.63) is 40.9 Å². The molecule has 21 heavy (non-hydrogen) atoms. The maximum Gasteiger partial charge on any atom is 0.314 e. The second-order valence-electron chi connectivity index (χ2n) is 4.99. The number of imidazole rings is 1. The number of nitrogens with zero attached hydrogens (tertiary/aromatic N) is 2. The lowest BCUT2D eigenvalue weighted by Crippen LogP contribution is -2.23. The van der Waals surface area contributed by atoms with E-state index < -0.39 is 5.92 Å². The van der Waals surface area contributed by atoms with Crippen LogP contribution >= 0.6 is 11.6 Å². The van der Waals surface area contributed by atoms with E-state index in [-0.39, 0.29) is 16.9 Å². The predicted octanol–water partition coefficient (Wildman–Crippen LogP) is 3.39. The molecule has 1 aliphatic rings. The molecular formula is C15H14ClFN2O2. The molecule has 4 nitrogen and oxygen atoms in total. The minimum Gasteiger partial charge on any atom is -0.469 e. The molecule has 2 heterocycles. The van der Waals surface area contributed by atoms with Crippen molar-refractivity contribution in [2.24, 2.45) is 0 Å². The van der Waals surface area contributed by atoms with Crippen LogP contribution in [-0.2, 0) is 16.1 Å². The van der Waals surface area contributed by atoms with Crippen molar-refractivity contribution in [3.8, 4) is 11.4 Å². The van der Waals surface area contributed by atoms with Crippen molar-refractivity contribution >= 4 is 17.6 Å². The van der Waals surface area contributed by atoms with Crippen LogP contribution in [0.5, 0.6) is 0 Å². The molecule has 1 aliphatic heterocycles. The number of halogens is 2. The van der Waals surface area contributed by atoms with E-state index in [2.05, 4.69) is 4.98 Å². The first-order valence-corrected chi connectivity index (χ1v) is 7.09. The molecule has 1 aromatic heterocycles. The molecule has 0 aliphatic carbocycles. The Hall–Kier alpha value is -1.88. The number of hydrogen-bond donors (Lipinski definition) is 0. The van der Waals surface area contributed by atoms with Crippen molar-refractivity contribution in [1.82, 2.24) is 9.55 Å². The van der Waals surface area contributed by atoms with Crippen molar-refractivity contribution < 1.29 is 13.9 Å². The van der Waals surface area contributed by atoms with E-state index in [4.69, 9.17) is 16.3 Å². The number of carbonyl (C=O) groups excluding carboxylic acids is 1. The summed E-state index contributed by atoms with van der Waals surface area (Å²) in [5, 5.41) is 0.282. The average molecular weight is 309 g/mol. The fraction of sp³-hybridized carbons (Fsp3) is 0.333. The number of benzene rings is 1. The molecule has 0 fully saturated rings. The van der Waals surface area contributed by atoms with Gasteiger partial charge in [0.1, 0.15) is 17.6 Å². The van der Waals surface area contributed by atoms with Crippen LogP contribution < -0.4 is 0 Å². The first kappa shape index (κ1) is 14.1. The second-order valence-corrected chi connectivity index (χ2v) is 5.35. The molecule has 0 N–H and O–H groups in total. The van der Waals surface area contributed by atoms with Crippen LogP contribution in [0.2, 0.25) is 5.15 Å². The summed E-state index contributed by atoms with van der Waals surface area (Å²) in [7, 11) is 1.36. The van der Waals surface area contributed by atoms with Gasteiger partial charge in [-0.3, -0.25) is 4.79 Å². The highest BCUT2D eigenvalue weighted by molar-refractivity contribution is 6.30. The number of esters is 1. The molecular weight excluding hydrogens is 295 g/mol. The SMILES string of the molecule is COC(=O)C1CCCn2c(-c3cccc(F)c3)nc(Cl)c21. The van der Waals surface area contributed by atoms with E-state index in [0.717, 1.165) is 6.42 Å². The zero-order chi connectivity index (χ0) is 15.0. The summed E-state index contributed by atoms with van der Waals surface area (Å²) in [6.45, 7) is 0.703. The van der Waals surface area contributed by atoms with Crippen LogP contribution in [-0.4, -0.2) is 22.6 Å². The fourth-order valence-electron chi connectivity index (χ4n) is 2.80. The molecule has 1 aromatic carbocycles. The van der Waals surface area contributed by atoms with Crippen LogP contribution in [0.1, 0.15) is 24.5 Å². The molecule has 2 aromatic rings. The van der Waals surface area contributed by atoms with Gasteiger partial charge in [0.25, 0.3) is 0 Å². The van der Waals surface area contributed by atoms with Crippen molar-refractivity contribution in [3.63, 3.8) is 0 Å². The molecule has 1 unspecified atom stereocenters. The summed E-state index contributed by atoms with van der Waals surface area (Å²) in [4.78, 5) is 16.2. The standard InChI is InChI=1S/C15H14ClFN2O2/c1-21-15(20)11-6-3-7-19-12(11)13(16)18-14(19)9-4-2-5-10(17)8-9/h2,4-5,8,11H,3,6-7H2,1H3. The van der Waals surface area contributed by atoms with E-state index in [1.54, 1.807) is 12.1 Å². The molecule has 110 valence electrons. The molecule has 0 saturated carbocycles. The Balaban J connectivity index is 2.12. The molecule has 0 radical (unpaired) electrons. The third-order valence-corrected chi connectivity index (χ3v) is 4.01. The Bertz CT molecular complexity index is 699. The molecule has 1 atom stereocenters. The van der Waals surface area contributed by atoms with Crippen molar-refractivity contribution in [2.45, 2.75) is 25.3 Å². The first-order valence-electron chi connectivity index (χ1n) is 6.71. The van der Waals surface area contributed by atoms with Gasteiger partial charge >= 0.3 is 5.97 Å². The highest BCUT2D eigenvalue weighted by atomic mass is 35.5. The van der Waals surface area contributed by atoms with E-state index in [1.165, 1.54) is 19.2 Å². The number of ether oxygens (including phenoxy) is 1. The summed E-state index contributed by atoms with van der Waals surface area (Å²) in [5.74, 6) is -0.473. The van der Waals surface area contributed by atoms with Crippen LogP contribution in [0.4, 0.5) is 4.39 Å². The minimum atomic E-state index is -0.411. The maximum absolute atomic E-state index is 13.4. The van der Waals surface area contributed by atoms with Gasteiger partial charge in [0.15, 0.2) is 5.15 Å². The Kier molecular flexibility index (Phi) is 3.68. The Morgan fingerprint density at radius 2 is 2.33 bits per heavy atom. The van der Waals surface area contributed by atoms with E-state index in [0.29, 0.717) is 30.0 Å². The van der Waals surface area contributed by atoms with Gasteiger partial charge in [-0.25, -0.2) is 9.37 Å². The smallest absolute Gasteiger partial charge is 0.314 e. The average Bonchev–Trinajstić information content (AvgIpc) is 2.84. The molecule has 0 saturated heterocycles. The maximum atomic E-state index is 13.4. The Labute approximate surface area is 126 Å². The van der Waals surface area contributed by atoms with Crippen molar-refractivity contribution in [1.29, 1.82) is 0 Å². The normalized spacial score (nSPS) is 17.4. The van der Waals surface area contributed by atoms with Gasteiger partial charge in [0, 0.05) is 12.1 Å². The Morgan fingerprint density at radius 3 is 3.05 bits per heavy atom. The van der Waals surface area contributed by atoms with E-state index in [9.17, 15) is 9.18 Å². The molecule has 6 heteroatoms. The monoisotopic (exact) mass is 308 g/mol. The number of carbonyl (C=O) groups is 1. The van der Waals surface area contributed by atoms with Gasteiger partial charge in [-0.2, -0.15) is 0 Å². The summed E-state index contributed by atoms with van der Waals surface area (Å²) in [6, 6.07) is 6.19. The van der Waals surface area contributed by atoms with Gasteiger partial charge in [0.05, 0.1) is 12.8 Å². The quantitative estimate of drug-likeness (QED) is 0.799. The topological polar surface area (TPSA) is 44.1 Å². The Morgan fingerprint density at radius 1 is 1.52 bits per heavy atom. The van der Waals surface area contributed by atoms with Crippen LogP contribution in [0.3, 0.4) is 0 Å². The van der Waals surface area contributed by atoms with Crippen LogP contribution in [0.25, 0.3) is 11.4 Å². The third-order valence-electron chi connectivity index (χ3n) is 3.73. The number of methoxy groups -OCH3 is 1. The lowest BCUT2D eigenvalue weighted by Gasteiger charge is -2.23. The van der Waals surface area contributed by atoms with Gasteiger partial charge in [0.2, 0.25) is 0 Å². The van der Waals surface area contributed by atoms with Crippen LogP contribution in [0, 0.1) is 5.82 Å². The lowest BCUT2D eigenvalue weighted by atomic mass is 9.96. The number of hydrogen-bond acceptors (Lipinski definition) is 3. The zero-order valence-electron chi connectivity index (χ0n) is 11.5. The van der Waals surface area contributed by atoms with E-state index >= 15 is 0 Å². The predicted molar refractivity (Wildman–Crippen MR) is 76.6 cm³/mol. The fourth-order valence-corrected chi connectivity index (χ4v) is 3.12. The van der Waals surface area contributed by atoms with Gasteiger partial charge in [-0.1, -0.05) is 23.7 Å². The van der Waals surface area contributed by atoms with Gasteiger partial charge < -0.3 is 9.30 Å². The molecule has 3 rings (SSSR count). The third kappa shape index (κ3) is 2.42. The van der Waals surface area contributed by atoms with E-state index in [1.807, 2.05) is 4.57 Å². The minimum absolute atomic E-state index is 0.282. The largest absolute Gasteiger partial charge is 0.469 e. The van der Waals surface area contributed by atoms with Crippen LogP contribution in [0.15, 0.2) is 24.3 Å². The molecule has 0 amide bonds. The van der Waals surface area contributed by atoms with Gasteiger partial charge in [-0.05, 0) is 25.0 Å². The highest BCUT2D eigenvalue weighted by Gasteiger charge is 2.33. The highest BCUT2D eigenvalue weighted by Crippen LogP contribution is 2.37. The summed E-state index contributed by atoms with van der Waals surface area (Å²) in [5.41, 5.74) is 1.31. The van der Waals surface area contributed by atoms with Gasteiger partial charge in [-0.15, -0.1) is 0 Å². The second kappa shape index (κ2) is 5.48. The number of aromatic nitrogens is 2. The molecule has 0 spiro atoms. The zero-order valence-corrected chi connectivity index (χ0v) is 12.2. The number of fused-ring (bicyclic) bond motifs is 1. The first-order chi connectivity index (χ1) is 10.1. The number of rotatable bonds is 2.